The number of rotatable bonds is 5. The second-order valence-electron chi connectivity index (χ2n) is 10.1. The zero-order valence-corrected chi connectivity index (χ0v) is 22.6. The van der Waals surface area contributed by atoms with Crippen molar-refractivity contribution in [1.29, 1.82) is 0 Å². The lowest BCUT2D eigenvalue weighted by atomic mass is 10.0. The van der Waals surface area contributed by atoms with Crippen LogP contribution in [0.1, 0.15) is 49.8 Å². The van der Waals surface area contributed by atoms with E-state index in [0.29, 0.717) is 43.4 Å². The molecule has 0 radical (unpaired) electrons. The topological polar surface area (TPSA) is 105 Å². The van der Waals surface area contributed by atoms with Gasteiger partial charge in [-0.15, -0.1) is 0 Å². The molecular formula is C25H32ClN5O4S. The number of piperazine rings is 1. The van der Waals surface area contributed by atoms with Gasteiger partial charge in [0.25, 0.3) is 0 Å². The fourth-order valence-electron chi connectivity index (χ4n) is 4.46. The predicted octanol–water partition coefficient (Wildman–Crippen LogP) is 3.24. The zero-order chi connectivity index (χ0) is 26.0. The molecule has 194 valence electrons. The van der Waals surface area contributed by atoms with Gasteiger partial charge in [-0.25, -0.2) is 14.8 Å². The average molecular weight is 534 g/mol. The lowest BCUT2D eigenvalue weighted by Gasteiger charge is -2.38. The summed E-state index contributed by atoms with van der Waals surface area (Å²) in [4.78, 5) is 38.8. The first-order valence-electron chi connectivity index (χ1n) is 12.0. The molecule has 2 aliphatic heterocycles. The van der Waals surface area contributed by atoms with Gasteiger partial charge in [0.15, 0.2) is 0 Å². The number of nitrogens with one attached hydrogen (secondary N) is 1. The number of fused-ring (bicyclic) bond motifs is 1. The van der Waals surface area contributed by atoms with Gasteiger partial charge in [-0.1, -0.05) is 23.7 Å². The molecule has 1 fully saturated rings. The summed E-state index contributed by atoms with van der Waals surface area (Å²) in [5.41, 5.74) is 1.99. The van der Waals surface area contributed by atoms with Crippen molar-refractivity contribution in [2.75, 3.05) is 31.1 Å². The third-order valence-electron chi connectivity index (χ3n) is 6.26. The maximum absolute atomic E-state index is 13.5. The fourth-order valence-corrected chi connectivity index (χ4v) is 5.84. The molecule has 3 heterocycles. The van der Waals surface area contributed by atoms with E-state index in [4.69, 9.17) is 16.3 Å². The lowest BCUT2D eigenvalue weighted by molar-refractivity contribution is -0.133. The third-order valence-corrected chi connectivity index (χ3v) is 8.09. The molecule has 1 aromatic carbocycles. The Morgan fingerprint density at radius 3 is 2.47 bits per heavy atom. The molecule has 3 atom stereocenters. The summed E-state index contributed by atoms with van der Waals surface area (Å²) in [5.74, 6) is 1.08. The number of carbonyl (C=O) groups is 2. The molecule has 2 unspecified atom stereocenters. The number of aromatic nitrogens is 2. The van der Waals surface area contributed by atoms with E-state index in [-0.39, 0.29) is 11.2 Å². The second-order valence-corrected chi connectivity index (χ2v) is 12.3. The number of hydrogen-bond acceptors (Lipinski definition) is 7. The summed E-state index contributed by atoms with van der Waals surface area (Å²) < 4.78 is 17.8. The van der Waals surface area contributed by atoms with Crippen molar-refractivity contribution in [3.8, 4) is 0 Å². The van der Waals surface area contributed by atoms with E-state index in [0.717, 1.165) is 22.6 Å². The Kier molecular flexibility index (Phi) is 7.85. The van der Waals surface area contributed by atoms with Crippen molar-refractivity contribution in [2.24, 2.45) is 0 Å². The lowest BCUT2D eigenvalue weighted by Crippen LogP contribution is -2.56. The molecule has 11 heteroatoms. The highest BCUT2D eigenvalue weighted by Crippen LogP contribution is 2.37. The molecule has 1 aromatic heterocycles. The number of halogens is 1. The molecule has 9 nitrogen and oxygen atoms in total. The fraction of sp³-hybridized carbons (Fsp3) is 0.520. The van der Waals surface area contributed by atoms with E-state index in [9.17, 15) is 13.8 Å². The number of ether oxygens (including phenoxy) is 1. The van der Waals surface area contributed by atoms with Crippen LogP contribution in [-0.2, 0) is 32.5 Å². The van der Waals surface area contributed by atoms with Crippen LogP contribution in [0.3, 0.4) is 0 Å². The molecule has 4 rings (SSSR count). The van der Waals surface area contributed by atoms with E-state index in [1.54, 1.807) is 37.8 Å². The third kappa shape index (κ3) is 6.15. The van der Waals surface area contributed by atoms with Crippen LogP contribution in [0.2, 0.25) is 5.02 Å². The van der Waals surface area contributed by atoms with Gasteiger partial charge < -0.3 is 19.9 Å². The summed E-state index contributed by atoms with van der Waals surface area (Å²) in [6, 6.07) is 6.44. The first kappa shape index (κ1) is 26.3. The molecule has 1 N–H and O–H groups in total. The molecule has 0 aliphatic carbocycles. The molecule has 2 aromatic rings. The average Bonchev–Trinajstić information content (AvgIpc) is 3.12. The zero-order valence-electron chi connectivity index (χ0n) is 21.0. The maximum atomic E-state index is 13.5. The molecule has 0 saturated carbocycles. The smallest absolute Gasteiger partial charge is 0.408 e. The summed E-state index contributed by atoms with van der Waals surface area (Å²) in [7, 11) is -0.988. The van der Waals surface area contributed by atoms with Crippen molar-refractivity contribution >= 4 is 40.2 Å². The Morgan fingerprint density at radius 1 is 1.17 bits per heavy atom. The van der Waals surface area contributed by atoms with Crippen LogP contribution in [-0.4, -0.2) is 68.9 Å². The summed E-state index contributed by atoms with van der Waals surface area (Å²) in [6.45, 7) is 9.39. The number of alkyl carbamates (subject to hydrolysis) is 1. The highest BCUT2D eigenvalue weighted by Gasteiger charge is 2.35. The van der Waals surface area contributed by atoms with E-state index in [2.05, 4.69) is 20.2 Å². The quantitative estimate of drug-likeness (QED) is 0.629. The van der Waals surface area contributed by atoms with Crippen LogP contribution < -0.4 is 10.2 Å². The van der Waals surface area contributed by atoms with Gasteiger partial charge >= 0.3 is 6.09 Å². The minimum absolute atomic E-state index is 0.113. The Labute approximate surface area is 219 Å². The summed E-state index contributed by atoms with van der Waals surface area (Å²) >= 11 is 6.01. The normalized spacial score (nSPS) is 20.6. The monoisotopic (exact) mass is 533 g/mol. The standard InChI is InChI=1S/C25H32ClN5O4S/c1-16-21-20(14-36(16)34)27-15-28-22(21)30-9-11-31(12-10-30)23(32)19(29-24(33)35-25(2,3)4)13-17-5-7-18(26)8-6-17/h5-8,15-16,19H,9-14H2,1-4H3,(H,29,33)/t16?,19-,36?/m1/s1. The van der Waals surface area contributed by atoms with Crippen LogP contribution in [0, 0.1) is 0 Å². The predicted molar refractivity (Wildman–Crippen MR) is 139 cm³/mol. The van der Waals surface area contributed by atoms with Gasteiger partial charge in [0.2, 0.25) is 5.91 Å². The number of amides is 2. The number of benzene rings is 1. The first-order chi connectivity index (χ1) is 17.0. The Hall–Kier alpha value is -2.72. The van der Waals surface area contributed by atoms with Gasteiger partial charge in [-0.2, -0.15) is 0 Å². The second kappa shape index (κ2) is 10.7. The number of carbonyl (C=O) groups excluding carboxylic acids is 2. The number of hydrogen-bond donors (Lipinski definition) is 1. The van der Waals surface area contributed by atoms with Gasteiger partial charge in [0, 0.05) is 54.0 Å². The van der Waals surface area contributed by atoms with Crippen LogP contribution in [0.15, 0.2) is 30.6 Å². The molecule has 2 amide bonds. The number of anilines is 1. The Morgan fingerprint density at radius 2 is 1.83 bits per heavy atom. The highest BCUT2D eigenvalue weighted by molar-refractivity contribution is 7.84. The van der Waals surface area contributed by atoms with Crippen molar-refractivity contribution in [1.82, 2.24) is 20.2 Å². The van der Waals surface area contributed by atoms with E-state index in [1.807, 2.05) is 19.1 Å². The molecule has 0 bridgehead atoms. The van der Waals surface area contributed by atoms with E-state index >= 15 is 0 Å². The van der Waals surface area contributed by atoms with Crippen molar-refractivity contribution in [3.63, 3.8) is 0 Å². The molecule has 1 saturated heterocycles. The number of nitrogens with zero attached hydrogens (tertiary/aromatic N) is 4. The van der Waals surface area contributed by atoms with Crippen LogP contribution in [0.25, 0.3) is 0 Å². The minimum Gasteiger partial charge on any atom is -0.444 e. The minimum atomic E-state index is -0.988. The Bertz CT molecular complexity index is 1150. The van der Waals surface area contributed by atoms with Gasteiger partial charge in [0.1, 0.15) is 23.8 Å². The van der Waals surface area contributed by atoms with Crippen molar-refractivity contribution in [2.45, 2.75) is 56.8 Å². The van der Waals surface area contributed by atoms with Crippen molar-refractivity contribution in [3.05, 3.63) is 52.4 Å². The molecule has 2 aliphatic rings. The van der Waals surface area contributed by atoms with Gasteiger partial charge in [-0.3, -0.25) is 9.00 Å². The highest BCUT2D eigenvalue weighted by atomic mass is 35.5. The Balaban J connectivity index is 1.46. The van der Waals surface area contributed by atoms with E-state index < -0.39 is 28.5 Å². The SMILES string of the molecule is CC1c2c(ncnc2N2CCN(C(=O)[C@@H](Cc3ccc(Cl)cc3)NC(=O)OC(C)(C)C)CC2)CS1=O. The summed E-state index contributed by atoms with van der Waals surface area (Å²) in [6.07, 6.45) is 1.21. The maximum Gasteiger partial charge on any atom is 0.408 e. The van der Waals surface area contributed by atoms with Crippen molar-refractivity contribution < 1.29 is 18.5 Å². The largest absolute Gasteiger partial charge is 0.444 e. The first-order valence-corrected chi connectivity index (χ1v) is 13.8. The van der Waals surface area contributed by atoms with E-state index in [1.165, 1.54) is 6.33 Å². The van der Waals surface area contributed by atoms with Gasteiger partial charge in [0.05, 0.1) is 16.7 Å². The van der Waals surface area contributed by atoms with Crippen LogP contribution in [0.5, 0.6) is 0 Å². The van der Waals surface area contributed by atoms with Crippen LogP contribution >= 0.6 is 11.6 Å². The summed E-state index contributed by atoms with van der Waals surface area (Å²) in [5, 5.41) is 3.26. The van der Waals surface area contributed by atoms with Crippen LogP contribution in [0.4, 0.5) is 10.6 Å². The molecule has 0 spiro atoms. The molecular weight excluding hydrogens is 502 g/mol. The van der Waals surface area contributed by atoms with Gasteiger partial charge in [-0.05, 0) is 45.4 Å². The molecule has 36 heavy (non-hydrogen) atoms.